The van der Waals surface area contributed by atoms with Gasteiger partial charge < -0.3 is 9.15 Å². The van der Waals surface area contributed by atoms with E-state index in [1.54, 1.807) is 23.8 Å². The van der Waals surface area contributed by atoms with E-state index in [1.807, 2.05) is 72.0 Å². The van der Waals surface area contributed by atoms with E-state index >= 15 is 0 Å². The Labute approximate surface area is 209 Å². The van der Waals surface area contributed by atoms with Gasteiger partial charge in [0.25, 0.3) is 5.56 Å². The highest BCUT2D eigenvalue weighted by Gasteiger charge is 2.19. The number of ether oxygens (including phenoxy) is 1. The van der Waals surface area contributed by atoms with Gasteiger partial charge in [0.15, 0.2) is 5.16 Å². The first-order valence-corrected chi connectivity index (χ1v) is 12.2. The Morgan fingerprint density at radius 3 is 2.61 bits per heavy atom. The first-order valence-electron chi connectivity index (χ1n) is 11.2. The molecule has 0 atom stereocenters. The zero-order valence-electron chi connectivity index (χ0n) is 19.5. The fourth-order valence-electron chi connectivity index (χ4n) is 4.01. The Balaban J connectivity index is 1.41. The minimum Gasteiger partial charge on any atom is -0.497 e. The van der Waals surface area contributed by atoms with Crippen molar-refractivity contribution in [3.05, 3.63) is 94.6 Å². The van der Waals surface area contributed by atoms with Crippen molar-refractivity contribution in [3.63, 3.8) is 0 Å². The van der Waals surface area contributed by atoms with Gasteiger partial charge in [-0.05, 0) is 43.3 Å². The summed E-state index contributed by atoms with van der Waals surface area (Å²) in [4.78, 5) is 13.5. The Morgan fingerprint density at radius 1 is 0.944 bits per heavy atom. The lowest BCUT2D eigenvalue weighted by Gasteiger charge is -2.12. The number of methoxy groups -OCH3 is 1. The van der Waals surface area contributed by atoms with Gasteiger partial charge in [-0.15, -0.1) is 20.4 Å². The molecule has 0 aliphatic rings. The molecule has 0 aliphatic carbocycles. The molecule has 6 rings (SSSR count). The van der Waals surface area contributed by atoms with Crippen molar-refractivity contribution < 1.29 is 9.15 Å². The van der Waals surface area contributed by atoms with Crippen molar-refractivity contribution in [1.29, 1.82) is 0 Å². The molecule has 9 nitrogen and oxygen atoms in total. The molecule has 0 amide bonds. The second-order valence-corrected chi connectivity index (χ2v) is 9.08. The Morgan fingerprint density at radius 2 is 1.78 bits per heavy atom. The third-order valence-electron chi connectivity index (χ3n) is 5.80. The van der Waals surface area contributed by atoms with Crippen LogP contribution in [0.1, 0.15) is 11.5 Å². The summed E-state index contributed by atoms with van der Waals surface area (Å²) in [5.74, 6) is 2.37. The molecule has 0 spiro atoms. The van der Waals surface area contributed by atoms with Crippen molar-refractivity contribution in [2.24, 2.45) is 0 Å². The molecule has 0 unspecified atom stereocenters. The molecule has 0 aliphatic heterocycles. The number of para-hydroxylation sites is 1. The van der Waals surface area contributed by atoms with Crippen LogP contribution in [0.4, 0.5) is 0 Å². The van der Waals surface area contributed by atoms with Crippen LogP contribution < -0.4 is 10.3 Å². The van der Waals surface area contributed by atoms with Crippen LogP contribution in [0.2, 0.25) is 0 Å². The van der Waals surface area contributed by atoms with Crippen LogP contribution in [0.25, 0.3) is 33.8 Å². The fraction of sp³-hybridized carbons (Fsp3) is 0.115. The third-order valence-corrected chi connectivity index (χ3v) is 6.71. The normalized spacial score (nSPS) is 11.4. The van der Waals surface area contributed by atoms with Gasteiger partial charge in [-0.1, -0.05) is 47.7 Å². The molecule has 3 aromatic carbocycles. The van der Waals surface area contributed by atoms with E-state index in [4.69, 9.17) is 9.15 Å². The lowest BCUT2D eigenvalue weighted by atomic mass is 10.1. The molecule has 0 fully saturated rings. The molecule has 36 heavy (non-hydrogen) atoms. The molecule has 10 heteroatoms. The fourth-order valence-corrected chi connectivity index (χ4v) is 4.78. The standard InChI is InChI=1S/C26H20N6O3S/c1-16-10-12-17(13-11-16)23-28-27-22(35-23)15-36-26-30-29-25-31(18-6-5-7-19(14-18)34-2)24(33)20-8-3-4-9-21(20)32(25)26/h3-14H,15H2,1-2H3. The van der Waals surface area contributed by atoms with Gasteiger partial charge in [-0.3, -0.25) is 9.20 Å². The number of aryl methyl sites for hydroxylation is 1. The summed E-state index contributed by atoms with van der Waals surface area (Å²) in [6.45, 7) is 2.03. The van der Waals surface area contributed by atoms with Gasteiger partial charge in [0.1, 0.15) is 5.75 Å². The van der Waals surface area contributed by atoms with E-state index < -0.39 is 0 Å². The molecule has 178 valence electrons. The van der Waals surface area contributed by atoms with Gasteiger partial charge in [0.05, 0.1) is 29.5 Å². The molecule has 3 aromatic heterocycles. The zero-order valence-corrected chi connectivity index (χ0v) is 20.3. The minimum absolute atomic E-state index is 0.185. The molecule has 0 saturated carbocycles. The van der Waals surface area contributed by atoms with Crippen LogP contribution in [0, 0.1) is 6.92 Å². The first kappa shape index (κ1) is 22.1. The largest absolute Gasteiger partial charge is 0.497 e. The van der Waals surface area contributed by atoms with Gasteiger partial charge >= 0.3 is 0 Å². The van der Waals surface area contributed by atoms with Gasteiger partial charge in [0.2, 0.25) is 17.6 Å². The monoisotopic (exact) mass is 496 g/mol. The minimum atomic E-state index is -0.185. The molecule has 3 heterocycles. The third kappa shape index (κ3) is 3.81. The number of nitrogens with zero attached hydrogens (tertiary/aromatic N) is 6. The maximum Gasteiger partial charge on any atom is 0.267 e. The average molecular weight is 497 g/mol. The van der Waals surface area contributed by atoms with Crippen LogP contribution in [0.5, 0.6) is 5.75 Å². The summed E-state index contributed by atoms with van der Waals surface area (Å²) in [6, 6.07) is 22.6. The summed E-state index contributed by atoms with van der Waals surface area (Å²) >= 11 is 1.41. The van der Waals surface area contributed by atoms with Gasteiger partial charge in [-0.25, -0.2) is 4.57 Å². The van der Waals surface area contributed by atoms with E-state index in [1.165, 1.54) is 11.8 Å². The second kappa shape index (κ2) is 8.97. The van der Waals surface area contributed by atoms with Gasteiger partial charge in [-0.2, -0.15) is 0 Å². The predicted molar refractivity (Wildman–Crippen MR) is 137 cm³/mol. The predicted octanol–water partition coefficient (Wildman–Crippen LogP) is 4.69. The van der Waals surface area contributed by atoms with Crippen molar-refractivity contribution in [1.82, 2.24) is 29.4 Å². The number of aromatic nitrogens is 6. The molecule has 0 bridgehead atoms. The first-order chi connectivity index (χ1) is 17.6. The number of fused-ring (bicyclic) bond motifs is 3. The van der Waals surface area contributed by atoms with Crippen LogP contribution in [-0.4, -0.2) is 36.5 Å². The Bertz CT molecular complexity index is 1770. The summed E-state index contributed by atoms with van der Waals surface area (Å²) in [7, 11) is 1.59. The van der Waals surface area contributed by atoms with Crippen molar-refractivity contribution in [3.8, 4) is 22.9 Å². The Hall–Kier alpha value is -4.44. The van der Waals surface area contributed by atoms with E-state index in [0.717, 1.165) is 16.6 Å². The smallest absolute Gasteiger partial charge is 0.267 e. The highest BCUT2D eigenvalue weighted by molar-refractivity contribution is 7.98. The molecular weight excluding hydrogens is 476 g/mol. The number of thioether (sulfide) groups is 1. The van der Waals surface area contributed by atoms with E-state index in [-0.39, 0.29) is 5.56 Å². The topological polar surface area (TPSA) is 100 Å². The quantitative estimate of drug-likeness (QED) is 0.306. The molecule has 0 radical (unpaired) electrons. The number of benzene rings is 3. The molecule has 0 N–H and O–H groups in total. The zero-order chi connectivity index (χ0) is 24.6. The lowest BCUT2D eigenvalue weighted by molar-refractivity contribution is 0.414. The van der Waals surface area contributed by atoms with Crippen LogP contribution in [0.15, 0.2) is 87.2 Å². The lowest BCUT2D eigenvalue weighted by Crippen LogP contribution is -2.21. The van der Waals surface area contributed by atoms with E-state index in [9.17, 15) is 4.79 Å². The number of rotatable bonds is 6. The summed E-state index contributed by atoms with van der Waals surface area (Å²) in [5, 5.41) is 18.3. The summed E-state index contributed by atoms with van der Waals surface area (Å²) in [6.07, 6.45) is 0. The number of hydrogen-bond donors (Lipinski definition) is 0. The van der Waals surface area contributed by atoms with E-state index in [2.05, 4.69) is 20.4 Å². The highest BCUT2D eigenvalue weighted by atomic mass is 32.2. The molecule has 6 aromatic rings. The van der Waals surface area contributed by atoms with Crippen LogP contribution in [-0.2, 0) is 5.75 Å². The molecule has 0 saturated heterocycles. The summed E-state index contributed by atoms with van der Waals surface area (Å²) in [5.41, 5.74) is 3.20. The SMILES string of the molecule is COc1cccc(-n2c(=O)c3ccccc3n3c(SCc4nnc(-c5ccc(C)cc5)o4)nnc23)c1. The highest BCUT2D eigenvalue weighted by Crippen LogP contribution is 2.27. The van der Waals surface area contributed by atoms with Crippen LogP contribution >= 0.6 is 11.8 Å². The average Bonchev–Trinajstić information content (AvgIpc) is 3.56. The van der Waals surface area contributed by atoms with Crippen LogP contribution in [0.3, 0.4) is 0 Å². The maximum atomic E-state index is 13.5. The van der Waals surface area contributed by atoms with Crippen molar-refractivity contribution >= 4 is 28.4 Å². The Kier molecular flexibility index (Phi) is 5.49. The van der Waals surface area contributed by atoms with Gasteiger partial charge in [0, 0.05) is 11.6 Å². The summed E-state index contributed by atoms with van der Waals surface area (Å²) < 4.78 is 14.7. The maximum absolute atomic E-state index is 13.5. The molecular formula is C26H20N6O3S. The van der Waals surface area contributed by atoms with Crippen molar-refractivity contribution in [2.75, 3.05) is 7.11 Å². The van der Waals surface area contributed by atoms with Crippen molar-refractivity contribution in [2.45, 2.75) is 17.8 Å². The number of hydrogen-bond acceptors (Lipinski definition) is 8. The van der Waals surface area contributed by atoms with E-state index in [0.29, 0.717) is 45.3 Å². The second-order valence-electron chi connectivity index (χ2n) is 8.13.